The predicted molar refractivity (Wildman–Crippen MR) is 48.8 cm³/mol. The van der Waals surface area contributed by atoms with E-state index in [1.165, 1.54) is 13.8 Å². The van der Waals surface area contributed by atoms with Crippen LogP contribution in [0.15, 0.2) is 0 Å². The highest BCUT2D eigenvalue weighted by molar-refractivity contribution is 5.83. The molecule has 0 saturated heterocycles. The van der Waals surface area contributed by atoms with Crippen LogP contribution in [0.5, 0.6) is 0 Å². The Hall–Kier alpha value is -0.570. The molecule has 2 N–H and O–H groups in total. The third-order valence-corrected chi connectivity index (χ3v) is 1.56. The molecule has 0 aliphatic carbocycles. The van der Waals surface area contributed by atoms with Gasteiger partial charge in [-0.15, -0.1) is 0 Å². The fourth-order valence-corrected chi connectivity index (χ4v) is 0.691. The molecular formula is C9H19NO2. The van der Waals surface area contributed by atoms with Crippen molar-refractivity contribution < 1.29 is 9.90 Å². The second kappa shape index (κ2) is 4.45. The summed E-state index contributed by atoms with van der Waals surface area (Å²) < 4.78 is 0. The van der Waals surface area contributed by atoms with Crippen molar-refractivity contribution in [3.8, 4) is 0 Å². The van der Waals surface area contributed by atoms with Crippen molar-refractivity contribution in [2.45, 2.75) is 39.7 Å². The van der Waals surface area contributed by atoms with E-state index < -0.39 is 5.60 Å². The molecule has 0 aromatic carbocycles. The van der Waals surface area contributed by atoms with E-state index in [0.29, 0.717) is 12.5 Å². The number of hydrogen-bond acceptors (Lipinski definition) is 2. The van der Waals surface area contributed by atoms with E-state index in [1.807, 2.05) is 0 Å². The summed E-state index contributed by atoms with van der Waals surface area (Å²) in [5, 5.41) is 11.9. The molecule has 0 rings (SSSR count). The summed E-state index contributed by atoms with van der Waals surface area (Å²) in [4.78, 5) is 11.1. The average molecular weight is 173 g/mol. The van der Waals surface area contributed by atoms with Crippen LogP contribution in [0.2, 0.25) is 0 Å². The van der Waals surface area contributed by atoms with E-state index in [1.54, 1.807) is 0 Å². The smallest absolute Gasteiger partial charge is 0.251 e. The molecule has 0 aliphatic rings. The number of nitrogens with one attached hydrogen (secondary N) is 1. The van der Waals surface area contributed by atoms with Gasteiger partial charge in [0.25, 0.3) is 5.91 Å². The fourth-order valence-electron chi connectivity index (χ4n) is 0.691. The first-order valence-electron chi connectivity index (χ1n) is 4.34. The van der Waals surface area contributed by atoms with Crippen LogP contribution in [0.1, 0.15) is 34.1 Å². The summed E-state index contributed by atoms with van der Waals surface area (Å²) in [6.45, 7) is 7.79. The second-order valence-electron chi connectivity index (χ2n) is 4.00. The molecule has 0 fully saturated rings. The molecule has 1 amide bonds. The van der Waals surface area contributed by atoms with E-state index in [2.05, 4.69) is 19.2 Å². The van der Waals surface area contributed by atoms with Gasteiger partial charge in [0.1, 0.15) is 5.60 Å². The molecule has 0 saturated carbocycles. The zero-order valence-electron chi connectivity index (χ0n) is 8.35. The third kappa shape index (κ3) is 5.13. The van der Waals surface area contributed by atoms with Gasteiger partial charge in [0.05, 0.1) is 0 Å². The normalized spacial score (nSPS) is 11.8. The summed E-state index contributed by atoms with van der Waals surface area (Å²) in [7, 11) is 0. The molecule has 12 heavy (non-hydrogen) atoms. The fraction of sp³-hybridized carbons (Fsp3) is 0.889. The molecule has 0 radical (unpaired) electrons. The standard InChI is InChI=1S/C9H19NO2/c1-7(2)5-6-10-8(11)9(3,4)12/h7,12H,5-6H2,1-4H3,(H,10,11). The first-order chi connectivity index (χ1) is 5.34. The van der Waals surface area contributed by atoms with Crippen LogP contribution in [0.4, 0.5) is 0 Å². The van der Waals surface area contributed by atoms with Gasteiger partial charge in [-0.05, 0) is 26.2 Å². The van der Waals surface area contributed by atoms with Gasteiger partial charge in [-0.2, -0.15) is 0 Å². The largest absolute Gasteiger partial charge is 0.381 e. The molecule has 72 valence electrons. The molecule has 3 nitrogen and oxygen atoms in total. The minimum atomic E-state index is -1.25. The number of amides is 1. The summed E-state index contributed by atoms with van der Waals surface area (Å²) in [5.41, 5.74) is -1.25. The zero-order valence-corrected chi connectivity index (χ0v) is 8.35. The Labute approximate surface area is 74.2 Å². The third-order valence-electron chi connectivity index (χ3n) is 1.56. The highest BCUT2D eigenvalue weighted by Crippen LogP contribution is 2.01. The van der Waals surface area contributed by atoms with Crippen LogP contribution in [0.3, 0.4) is 0 Å². The van der Waals surface area contributed by atoms with Gasteiger partial charge in [-0.25, -0.2) is 0 Å². The number of rotatable bonds is 4. The van der Waals surface area contributed by atoms with Gasteiger partial charge in [0.15, 0.2) is 0 Å². The first-order valence-corrected chi connectivity index (χ1v) is 4.34. The Balaban J connectivity index is 3.59. The lowest BCUT2D eigenvalue weighted by Gasteiger charge is -2.16. The topological polar surface area (TPSA) is 49.3 Å². The van der Waals surface area contributed by atoms with Crippen molar-refractivity contribution >= 4 is 5.91 Å². The second-order valence-corrected chi connectivity index (χ2v) is 4.00. The SMILES string of the molecule is CC(C)CCNC(=O)C(C)(C)O. The molecular weight excluding hydrogens is 154 g/mol. The lowest BCUT2D eigenvalue weighted by molar-refractivity contribution is -0.136. The molecule has 0 aromatic rings. The quantitative estimate of drug-likeness (QED) is 0.664. The van der Waals surface area contributed by atoms with Crippen LogP contribution >= 0.6 is 0 Å². The van der Waals surface area contributed by atoms with Crippen LogP contribution in [0, 0.1) is 5.92 Å². The molecule has 0 aromatic heterocycles. The first kappa shape index (κ1) is 11.4. The van der Waals surface area contributed by atoms with Crippen LogP contribution in [0.25, 0.3) is 0 Å². The Morgan fingerprint density at radius 3 is 2.33 bits per heavy atom. The van der Waals surface area contributed by atoms with Crippen LogP contribution in [-0.4, -0.2) is 23.2 Å². The number of carbonyl (C=O) groups excluding carboxylic acids is 1. The maximum absolute atomic E-state index is 11.1. The van der Waals surface area contributed by atoms with Gasteiger partial charge < -0.3 is 10.4 Å². The number of aliphatic hydroxyl groups is 1. The van der Waals surface area contributed by atoms with Gasteiger partial charge in [-0.3, -0.25) is 4.79 Å². The van der Waals surface area contributed by atoms with Crippen LogP contribution in [-0.2, 0) is 4.79 Å². The summed E-state index contributed by atoms with van der Waals surface area (Å²) in [6, 6.07) is 0. The maximum atomic E-state index is 11.1. The van der Waals surface area contributed by atoms with Crippen molar-refractivity contribution in [1.82, 2.24) is 5.32 Å². The molecule has 0 bridgehead atoms. The molecule has 0 heterocycles. The summed E-state index contributed by atoms with van der Waals surface area (Å²) >= 11 is 0. The van der Waals surface area contributed by atoms with E-state index in [0.717, 1.165) is 6.42 Å². The van der Waals surface area contributed by atoms with E-state index in [-0.39, 0.29) is 5.91 Å². The summed E-state index contributed by atoms with van der Waals surface area (Å²) in [5.74, 6) is 0.273. The molecule has 0 unspecified atom stereocenters. The summed E-state index contributed by atoms with van der Waals surface area (Å²) in [6.07, 6.45) is 0.946. The number of hydrogen-bond donors (Lipinski definition) is 2. The molecule has 0 spiro atoms. The Kier molecular flexibility index (Phi) is 4.24. The molecule has 3 heteroatoms. The van der Waals surface area contributed by atoms with Crippen molar-refractivity contribution in [3.05, 3.63) is 0 Å². The minimum absolute atomic E-state index is 0.303. The zero-order chi connectivity index (χ0) is 9.78. The highest BCUT2D eigenvalue weighted by atomic mass is 16.3. The Morgan fingerprint density at radius 1 is 1.50 bits per heavy atom. The van der Waals surface area contributed by atoms with Gasteiger partial charge in [0.2, 0.25) is 0 Å². The predicted octanol–water partition coefficient (Wildman–Crippen LogP) is 0.920. The average Bonchev–Trinajstić information content (AvgIpc) is 1.84. The highest BCUT2D eigenvalue weighted by Gasteiger charge is 2.22. The Bertz CT molecular complexity index is 147. The van der Waals surface area contributed by atoms with Crippen molar-refractivity contribution in [2.75, 3.05) is 6.54 Å². The van der Waals surface area contributed by atoms with E-state index in [4.69, 9.17) is 0 Å². The minimum Gasteiger partial charge on any atom is -0.381 e. The Morgan fingerprint density at radius 2 is 2.00 bits per heavy atom. The monoisotopic (exact) mass is 173 g/mol. The van der Waals surface area contributed by atoms with Crippen LogP contribution < -0.4 is 5.32 Å². The molecule has 0 atom stereocenters. The van der Waals surface area contributed by atoms with Crippen molar-refractivity contribution in [1.29, 1.82) is 0 Å². The van der Waals surface area contributed by atoms with Gasteiger partial charge >= 0.3 is 0 Å². The van der Waals surface area contributed by atoms with Gasteiger partial charge in [0, 0.05) is 6.54 Å². The van der Waals surface area contributed by atoms with E-state index in [9.17, 15) is 9.90 Å². The number of carbonyl (C=O) groups is 1. The maximum Gasteiger partial charge on any atom is 0.251 e. The van der Waals surface area contributed by atoms with Crippen molar-refractivity contribution in [3.63, 3.8) is 0 Å². The van der Waals surface area contributed by atoms with Crippen molar-refractivity contribution in [2.24, 2.45) is 5.92 Å². The lowest BCUT2D eigenvalue weighted by Crippen LogP contribution is -2.42. The van der Waals surface area contributed by atoms with Gasteiger partial charge in [-0.1, -0.05) is 13.8 Å². The lowest BCUT2D eigenvalue weighted by atomic mass is 10.1. The van der Waals surface area contributed by atoms with E-state index >= 15 is 0 Å². The molecule has 0 aliphatic heterocycles.